The molecule has 0 saturated carbocycles. The van der Waals surface area contributed by atoms with Gasteiger partial charge in [0, 0.05) is 12.1 Å². The maximum Gasteiger partial charge on any atom is 0.245 e. The minimum Gasteiger partial charge on any atom is -0.452 e. The zero-order valence-corrected chi connectivity index (χ0v) is 13.5. The molecule has 0 saturated heterocycles. The number of nitrogens with two attached hydrogens (primary N) is 1. The number of halogens is 2. The Morgan fingerprint density at radius 1 is 1.38 bits per heavy atom. The molecule has 1 aromatic heterocycles. The van der Waals surface area contributed by atoms with Crippen LogP contribution in [0.5, 0.6) is 0 Å². The fourth-order valence-electron chi connectivity index (χ4n) is 1.80. The van der Waals surface area contributed by atoms with Gasteiger partial charge in [-0.25, -0.2) is 17.5 Å². The lowest BCUT2D eigenvalue weighted by molar-refractivity contribution is 0.483. The van der Waals surface area contributed by atoms with Gasteiger partial charge in [-0.15, -0.1) is 0 Å². The Morgan fingerprint density at radius 3 is 2.52 bits per heavy atom. The third-order valence-corrected chi connectivity index (χ3v) is 5.30. The lowest BCUT2D eigenvalue weighted by Crippen LogP contribution is -2.26. The van der Waals surface area contributed by atoms with Gasteiger partial charge in [0.1, 0.15) is 16.5 Å². The van der Waals surface area contributed by atoms with Gasteiger partial charge in [0.2, 0.25) is 10.0 Å². The van der Waals surface area contributed by atoms with E-state index in [0.717, 1.165) is 0 Å². The lowest BCUT2D eigenvalue weighted by Gasteiger charge is -2.14. The number of furan rings is 1. The summed E-state index contributed by atoms with van der Waals surface area (Å²) in [7, 11) is -3.78. The van der Waals surface area contributed by atoms with Gasteiger partial charge in [0.25, 0.3) is 0 Å². The Labute approximate surface area is 130 Å². The van der Waals surface area contributed by atoms with Gasteiger partial charge in [-0.1, -0.05) is 12.1 Å². The SMILES string of the molecule is CC(NS(=O)(=O)c1cc(CN)oc1Br)c1ccc(F)cc1. The zero-order chi connectivity index (χ0) is 15.6. The molecular weight excluding hydrogens is 363 g/mol. The molecule has 0 radical (unpaired) electrons. The predicted molar refractivity (Wildman–Crippen MR) is 79.4 cm³/mol. The fourth-order valence-corrected chi connectivity index (χ4v) is 4.03. The van der Waals surface area contributed by atoms with E-state index in [0.29, 0.717) is 11.3 Å². The summed E-state index contributed by atoms with van der Waals surface area (Å²) in [5.74, 6) is -0.0179. The van der Waals surface area contributed by atoms with Crippen LogP contribution in [0.15, 0.2) is 44.3 Å². The largest absolute Gasteiger partial charge is 0.452 e. The number of sulfonamides is 1. The minimum atomic E-state index is -3.78. The standard InChI is InChI=1S/C13H14BrFN2O3S/c1-8(9-2-4-10(15)5-3-9)17-21(18,19)12-6-11(7-16)20-13(12)14/h2-6,8,17H,7,16H2,1H3. The van der Waals surface area contributed by atoms with Crippen LogP contribution >= 0.6 is 15.9 Å². The van der Waals surface area contributed by atoms with E-state index < -0.39 is 16.1 Å². The second kappa shape index (κ2) is 6.27. The van der Waals surface area contributed by atoms with Gasteiger partial charge in [-0.2, -0.15) is 0 Å². The van der Waals surface area contributed by atoms with E-state index in [1.807, 2.05) is 0 Å². The van der Waals surface area contributed by atoms with Gasteiger partial charge in [-0.05, 0) is 40.5 Å². The third kappa shape index (κ3) is 3.70. The first-order valence-electron chi connectivity index (χ1n) is 6.09. The van der Waals surface area contributed by atoms with Crippen molar-refractivity contribution >= 4 is 26.0 Å². The van der Waals surface area contributed by atoms with E-state index in [9.17, 15) is 12.8 Å². The predicted octanol–water partition coefficient (Wildman–Crippen LogP) is 2.68. The van der Waals surface area contributed by atoms with Crippen LogP contribution in [0.4, 0.5) is 4.39 Å². The van der Waals surface area contributed by atoms with Crippen molar-refractivity contribution in [2.45, 2.75) is 24.4 Å². The Morgan fingerprint density at radius 2 is 2.00 bits per heavy atom. The summed E-state index contributed by atoms with van der Waals surface area (Å²) in [6.45, 7) is 1.77. The first-order valence-corrected chi connectivity index (χ1v) is 8.37. The highest BCUT2D eigenvalue weighted by molar-refractivity contribution is 9.10. The molecule has 1 heterocycles. The van der Waals surface area contributed by atoms with Crippen molar-refractivity contribution in [3.8, 4) is 0 Å². The van der Waals surface area contributed by atoms with Gasteiger partial charge in [0.05, 0.1) is 6.54 Å². The van der Waals surface area contributed by atoms with E-state index in [1.165, 1.54) is 30.3 Å². The first-order chi connectivity index (χ1) is 9.83. The number of hydrogen-bond acceptors (Lipinski definition) is 4. The normalized spacial score (nSPS) is 13.3. The van der Waals surface area contributed by atoms with Gasteiger partial charge in [0.15, 0.2) is 4.67 Å². The molecule has 0 aliphatic carbocycles. The second-order valence-electron chi connectivity index (χ2n) is 4.45. The molecule has 2 rings (SSSR count). The van der Waals surface area contributed by atoms with E-state index in [1.54, 1.807) is 6.92 Å². The van der Waals surface area contributed by atoms with Crippen molar-refractivity contribution in [2.24, 2.45) is 5.73 Å². The Kier molecular flexibility index (Phi) is 4.82. The lowest BCUT2D eigenvalue weighted by atomic mass is 10.1. The third-order valence-electron chi connectivity index (χ3n) is 2.90. The molecule has 5 nitrogen and oxygen atoms in total. The highest BCUT2D eigenvalue weighted by Gasteiger charge is 2.24. The average Bonchev–Trinajstić information content (AvgIpc) is 2.81. The van der Waals surface area contributed by atoms with Crippen molar-refractivity contribution in [3.05, 3.63) is 52.1 Å². The molecule has 8 heteroatoms. The quantitative estimate of drug-likeness (QED) is 0.839. The molecule has 1 atom stereocenters. The average molecular weight is 377 g/mol. The maximum atomic E-state index is 12.9. The van der Waals surface area contributed by atoms with Crippen LogP contribution in [0.1, 0.15) is 24.3 Å². The fraction of sp³-hybridized carbons (Fsp3) is 0.231. The van der Waals surface area contributed by atoms with Crippen molar-refractivity contribution in [2.75, 3.05) is 0 Å². The second-order valence-corrected chi connectivity index (χ2v) is 6.85. The number of hydrogen-bond donors (Lipinski definition) is 2. The van der Waals surface area contributed by atoms with Gasteiger partial charge < -0.3 is 10.2 Å². The molecule has 114 valence electrons. The summed E-state index contributed by atoms with van der Waals surface area (Å²) in [6.07, 6.45) is 0. The highest BCUT2D eigenvalue weighted by atomic mass is 79.9. The van der Waals surface area contributed by atoms with E-state index >= 15 is 0 Å². The summed E-state index contributed by atoms with van der Waals surface area (Å²) in [4.78, 5) is -0.0167. The summed E-state index contributed by atoms with van der Waals surface area (Å²) < 4.78 is 45.3. The van der Waals surface area contributed by atoms with Crippen LogP contribution in [-0.4, -0.2) is 8.42 Å². The Hall–Kier alpha value is -1.22. The summed E-state index contributed by atoms with van der Waals surface area (Å²) in [6, 6.07) is 6.46. The molecule has 2 aromatic rings. The van der Waals surface area contributed by atoms with Crippen molar-refractivity contribution in [3.63, 3.8) is 0 Å². The van der Waals surface area contributed by atoms with Crippen LogP contribution in [0.2, 0.25) is 0 Å². The molecule has 0 aliphatic heterocycles. The monoisotopic (exact) mass is 376 g/mol. The highest BCUT2D eigenvalue weighted by Crippen LogP contribution is 2.27. The number of nitrogens with one attached hydrogen (secondary N) is 1. The summed E-state index contributed by atoms with van der Waals surface area (Å²) >= 11 is 3.06. The van der Waals surface area contributed by atoms with Crippen LogP contribution < -0.4 is 10.5 Å². The van der Waals surface area contributed by atoms with Crippen molar-refractivity contribution in [1.29, 1.82) is 0 Å². The summed E-state index contributed by atoms with van der Waals surface area (Å²) in [5, 5.41) is 0. The molecule has 1 unspecified atom stereocenters. The zero-order valence-electron chi connectivity index (χ0n) is 11.1. The molecule has 0 spiro atoms. The maximum absolute atomic E-state index is 12.9. The van der Waals surface area contributed by atoms with Gasteiger partial charge in [-0.3, -0.25) is 0 Å². The van der Waals surface area contributed by atoms with Crippen molar-refractivity contribution < 1.29 is 17.2 Å². The Balaban J connectivity index is 2.24. The molecule has 0 aliphatic rings. The number of benzene rings is 1. The molecule has 0 amide bonds. The van der Waals surface area contributed by atoms with E-state index in [-0.39, 0.29) is 21.9 Å². The minimum absolute atomic E-state index is 0.0167. The number of rotatable bonds is 5. The van der Waals surface area contributed by atoms with Crippen LogP contribution in [0.3, 0.4) is 0 Å². The summed E-state index contributed by atoms with van der Waals surface area (Å²) in [5.41, 5.74) is 6.07. The van der Waals surface area contributed by atoms with Crippen molar-refractivity contribution in [1.82, 2.24) is 4.72 Å². The first kappa shape index (κ1) is 16.2. The molecule has 0 fully saturated rings. The van der Waals surface area contributed by atoms with Gasteiger partial charge >= 0.3 is 0 Å². The molecule has 0 bridgehead atoms. The molecule has 1 aromatic carbocycles. The topological polar surface area (TPSA) is 85.3 Å². The van der Waals surface area contributed by atoms with Crippen LogP contribution in [0.25, 0.3) is 0 Å². The Bertz CT molecular complexity index is 728. The molecular formula is C13H14BrFN2O3S. The molecule has 3 N–H and O–H groups in total. The smallest absolute Gasteiger partial charge is 0.245 e. The molecule has 21 heavy (non-hydrogen) atoms. The van der Waals surface area contributed by atoms with Crippen LogP contribution in [0, 0.1) is 5.82 Å². The van der Waals surface area contributed by atoms with E-state index in [2.05, 4.69) is 20.7 Å². The van der Waals surface area contributed by atoms with Crippen LogP contribution in [-0.2, 0) is 16.6 Å². The van der Waals surface area contributed by atoms with E-state index in [4.69, 9.17) is 10.2 Å².